The summed E-state index contributed by atoms with van der Waals surface area (Å²) in [6, 6.07) is 4.14. The number of carbonyl (C=O) groups is 2. The van der Waals surface area contributed by atoms with Crippen LogP contribution in [0.5, 0.6) is 0 Å². The summed E-state index contributed by atoms with van der Waals surface area (Å²) >= 11 is 3.08. The highest BCUT2D eigenvalue weighted by molar-refractivity contribution is 9.10. The number of rotatable bonds is 3. The number of likely N-dealkylation sites (tertiary alicyclic amines) is 1. The fraction of sp³-hybridized carbons (Fsp3) is 0.333. The smallest absolute Gasteiger partial charge is 0.312 e. The van der Waals surface area contributed by atoms with Crippen molar-refractivity contribution in [2.75, 3.05) is 13.1 Å². The quantitative estimate of drug-likeness (QED) is 0.868. The van der Waals surface area contributed by atoms with E-state index in [1.165, 1.54) is 0 Å². The number of carbonyl (C=O) groups excluding carboxylic acids is 2. The lowest BCUT2D eigenvalue weighted by Gasteiger charge is -2.39. The van der Waals surface area contributed by atoms with Crippen LogP contribution in [0.4, 0.5) is 9.18 Å². The molecular formula is C12H13BrFN3O2. The van der Waals surface area contributed by atoms with Gasteiger partial charge < -0.3 is 16.0 Å². The van der Waals surface area contributed by atoms with E-state index < -0.39 is 11.8 Å². The number of urea groups is 1. The maximum Gasteiger partial charge on any atom is 0.312 e. The summed E-state index contributed by atoms with van der Waals surface area (Å²) in [6.45, 7) is 0.828. The largest absolute Gasteiger partial charge is 0.352 e. The molecule has 5 nitrogen and oxygen atoms in total. The predicted molar refractivity (Wildman–Crippen MR) is 70.9 cm³/mol. The molecular weight excluding hydrogens is 317 g/mol. The average molecular weight is 330 g/mol. The fourth-order valence-corrected chi connectivity index (χ4v) is 2.34. The molecule has 0 aliphatic carbocycles. The molecule has 19 heavy (non-hydrogen) atoms. The van der Waals surface area contributed by atoms with Crippen LogP contribution in [0.25, 0.3) is 0 Å². The Balaban J connectivity index is 1.89. The predicted octanol–water partition coefficient (Wildman–Crippen LogP) is 1.01. The number of hydrogen-bond acceptors (Lipinski definition) is 2. The van der Waals surface area contributed by atoms with Crippen molar-refractivity contribution in [2.45, 2.75) is 12.5 Å². The Morgan fingerprint density at radius 3 is 2.79 bits per heavy atom. The van der Waals surface area contributed by atoms with E-state index >= 15 is 0 Å². The number of nitrogens with two attached hydrogens (primary N) is 1. The molecule has 3 amide bonds. The van der Waals surface area contributed by atoms with E-state index in [0.717, 1.165) is 0 Å². The molecule has 1 fully saturated rings. The first-order valence-corrected chi connectivity index (χ1v) is 6.53. The zero-order valence-corrected chi connectivity index (χ0v) is 11.6. The second kappa shape index (κ2) is 5.56. The van der Waals surface area contributed by atoms with Gasteiger partial charge in [0.25, 0.3) is 0 Å². The minimum absolute atomic E-state index is 0.00850. The molecule has 0 atom stereocenters. The Kier molecular flexibility index (Phi) is 4.04. The number of halogens is 2. The molecule has 0 unspecified atom stereocenters. The molecule has 0 saturated carbocycles. The lowest BCUT2D eigenvalue weighted by Crippen LogP contribution is -2.62. The van der Waals surface area contributed by atoms with Crippen molar-refractivity contribution in [2.24, 2.45) is 5.73 Å². The van der Waals surface area contributed by atoms with E-state index in [2.05, 4.69) is 21.2 Å². The number of nitrogens with zero attached hydrogens (tertiary/aromatic N) is 1. The van der Waals surface area contributed by atoms with Gasteiger partial charge in [-0.2, -0.15) is 0 Å². The third kappa shape index (κ3) is 3.23. The lowest BCUT2D eigenvalue weighted by molar-refractivity contribution is -0.135. The van der Waals surface area contributed by atoms with E-state index in [1.807, 2.05) is 0 Å². The summed E-state index contributed by atoms with van der Waals surface area (Å²) in [4.78, 5) is 24.1. The Morgan fingerprint density at radius 2 is 2.16 bits per heavy atom. The van der Waals surface area contributed by atoms with Gasteiger partial charge in [-0.25, -0.2) is 9.18 Å². The van der Waals surface area contributed by atoms with Crippen LogP contribution < -0.4 is 11.1 Å². The SMILES string of the molecule is NC(=O)NC1CN(C(=O)Cc2cccc(Br)c2F)C1. The monoisotopic (exact) mass is 329 g/mol. The Bertz CT molecular complexity index is 518. The van der Waals surface area contributed by atoms with Crippen LogP contribution in [0, 0.1) is 5.82 Å². The zero-order valence-electron chi connectivity index (χ0n) is 10.0. The maximum atomic E-state index is 13.7. The molecule has 1 aliphatic heterocycles. The van der Waals surface area contributed by atoms with Gasteiger partial charge >= 0.3 is 6.03 Å². The fourth-order valence-electron chi connectivity index (χ4n) is 1.93. The summed E-state index contributed by atoms with van der Waals surface area (Å²) in [7, 11) is 0. The third-order valence-corrected chi connectivity index (χ3v) is 3.57. The lowest BCUT2D eigenvalue weighted by atomic mass is 10.1. The summed E-state index contributed by atoms with van der Waals surface area (Å²) in [5.41, 5.74) is 5.33. The highest BCUT2D eigenvalue weighted by Gasteiger charge is 2.31. The first-order chi connectivity index (χ1) is 8.97. The molecule has 3 N–H and O–H groups in total. The van der Waals surface area contributed by atoms with Crippen molar-refractivity contribution in [3.63, 3.8) is 0 Å². The molecule has 0 radical (unpaired) electrons. The van der Waals surface area contributed by atoms with Gasteiger partial charge in [-0.15, -0.1) is 0 Å². The Morgan fingerprint density at radius 1 is 1.47 bits per heavy atom. The molecule has 102 valence electrons. The van der Waals surface area contributed by atoms with E-state index in [4.69, 9.17) is 5.73 Å². The van der Waals surface area contributed by atoms with Crippen molar-refractivity contribution in [1.29, 1.82) is 0 Å². The highest BCUT2D eigenvalue weighted by atomic mass is 79.9. The topological polar surface area (TPSA) is 75.4 Å². The molecule has 7 heteroatoms. The van der Waals surface area contributed by atoms with Crippen molar-refractivity contribution in [1.82, 2.24) is 10.2 Å². The van der Waals surface area contributed by atoms with Gasteiger partial charge in [-0.1, -0.05) is 12.1 Å². The summed E-state index contributed by atoms with van der Waals surface area (Å²) in [5, 5.41) is 2.51. The Hall–Kier alpha value is -1.63. The van der Waals surface area contributed by atoms with Gasteiger partial charge in [-0.3, -0.25) is 4.79 Å². The Labute approximate surface area is 118 Å². The van der Waals surface area contributed by atoms with Crippen molar-refractivity contribution in [3.05, 3.63) is 34.1 Å². The van der Waals surface area contributed by atoms with Crippen LogP contribution in [-0.4, -0.2) is 36.0 Å². The minimum atomic E-state index is -0.602. The van der Waals surface area contributed by atoms with E-state index in [-0.39, 0.29) is 18.4 Å². The number of hydrogen-bond donors (Lipinski definition) is 2. The number of nitrogens with one attached hydrogen (secondary N) is 1. The van der Waals surface area contributed by atoms with E-state index in [0.29, 0.717) is 23.1 Å². The van der Waals surface area contributed by atoms with Crippen molar-refractivity contribution < 1.29 is 14.0 Å². The number of primary amides is 1. The molecule has 1 aliphatic rings. The molecule has 1 saturated heterocycles. The number of benzene rings is 1. The molecule has 0 aromatic heterocycles. The van der Waals surface area contributed by atoms with Gasteiger partial charge in [0.05, 0.1) is 16.9 Å². The third-order valence-electron chi connectivity index (χ3n) is 2.95. The van der Waals surface area contributed by atoms with Crippen LogP contribution in [0.3, 0.4) is 0 Å². The molecule has 0 bridgehead atoms. The van der Waals surface area contributed by atoms with Crippen molar-refractivity contribution in [3.8, 4) is 0 Å². The first kappa shape index (κ1) is 13.8. The second-order valence-corrected chi connectivity index (χ2v) is 5.25. The summed E-state index contributed by atoms with van der Waals surface area (Å²) < 4.78 is 14.0. The van der Waals surface area contributed by atoms with Crippen LogP contribution in [0.1, 0.15) is 5.56 Å². The van der Waals surface area contributed by atoms with E-state index in [1.54, 1.807) is 23.1 Å². The molecule has 2 rings (SSSR count). The van der Waals surface area contributed by atoms with Crippen LogP contribution in [0.15, 0.2) is 22.7 Å². The first-order valence-electron chi connectivity index (χ1n) is 5.74. The summed E-state index contributed by atoms with van der Waals surface area (Å²) in [6.07, 6.45) is 0.00850. The van der Waals surface area contributed by atoms with Crippen LogP contribution >= 0.6 is 15.9 Å². The van der Waals surface area contributed by atoms with Crippen LogP contribution in [-0.2, 0) is 11.2 Å². The van der Waals surface area contributed by atoms with Crippen molar-refractivity contribution >= 4 is 27.9 Å². The number of amides is 3. The normalized spacial score (nSPS) is 14.9. The second-order valence-electron chi connectivity index (χ2n) is 4.39. The summed E-state index contributed by atoms with van der Waals surface area (Å²) in [5.74, 6) is -0.581. The van der Waals surface area contributed by atoms with Crippen LogP contribution in [0.2, 0.25) is 0 Å². The standard InChI is InChI=1S/C12H13BrFN3O2/c13-9-3-1-2-7(11(9)14)4-10(18)17-5-8(6-17)16-12(15)19/h1-3,8H,4-6H2,(H3,15,16,19). The van der Waals surface area contributed by atoms with Gasteiger partial charge in [0.15, 0.2) is 0 Å². The zero-order chi connectivity index (χ0) is 14.0. The average Bonchev–Trinajstić information content (AvgIpc) is 2.28. The highest BCUT2D eigenvalue weighted by Crippen LogP contribution is 2.20. The van der Waals surface area contributed by atoms with Gasteiger partial charge in [-0.05, 0) is 27.6 Å². The molecule has 1 heterocycles. The van der Waals surface area contributed by atoms with Gasteiger partial charge in [0, 0.05) is 13.1 Å². The van der Waals surface area contributed by atoms with Gasteiger partial charge in [0.2, 0.25) is 5.91 Å². The molecule has 1 aromatic rings. The molecule has 1 aromatic carbocycles. The molecule has 0 spiro atoms. The van der Waals surface area contributed by atoms with E-state index in [9.17, 15) is 14.0 Å². The minimum Gasteiger partial charge on any atom is -0.352 e. The maximum absolute atomic E-state index is 13.7. The van der Waals surface area contributed by atoms with Gasteiger partial charge in [0.1, 0.15) is 5.82 Å².